The average Bonchev–Trinajstić information content (AvgIpc) is 2.90. The van der Waals surface area contributed by atoms with Crippen LogP contribution >= 0.6 is 0 Å². The summed E-state index contributed by atoms with van der Waals surface area (Å²) in [5.41, 5.74) is 2.10. The predicted octanol–water partition coefficient (Wildman–Crippen LogP) is 1.58. The predicted molar refractivity (Wildman–Crippen MR) is 83.0 cm³/mol. The van der Waals surface area contributed by atoms with E-state index in [9.17, 15) is 9.59 Å². The Morgan fingerprint density at radius 1 is 1.32 bits per heavy atom. The number of benzene rings is 1. The number of aromatic nitrogens is 2. The van der Waals surface area contributed by atoms with Gasteiger partial charge < -0.3 is 15.0 Å². The van der Waals surface area contributed by atoms with E-state index in [2.05, 4.69) is 15.5 Å². The number of amides is 1. The van der Waals surface area contributed by atoms with Gasteiger partial charge in [-0.25, -0.2) is 4.79 Å². The number of carbonyl (C=O) groups is 2. The van der Waals surface area contributed by atoms with E-state index in [1.165, 1.54) is 0 Å². The molecule has 2 rings (SSSR count). The molecule has 0 aliphatic carbocycles. The van der Waals surface area contributed by atoms with Crippen LogP contribution < -0.4 is 10.2 Å². The molecule has 22 heavy (non-hydrogen) atoms. The smallest absolute Gasteiger partial charge is 0.338 e. The summed E-state index contributed by atoms with van der Waals surface area (Å²) in [7, 11) is 3.76. The van der Waals surface area contributed by atoms with Gasteiger partial charge in [0.05, 0.1) is 5.56 Å². The lowest BCUT2D eigenvalue weighted by atomic mass is 10.2. The van der Waals surface area contributed by atoms with E-state index in [0.717, 1.165) is 11.4 Å². The van der Waals surface area contributed by atoms with E-state index in [1.54, 1.807) is 24.3 Å². The number of ether oxygens (including phenoxy) is 1. The van der Waals surface area contributed by atoms with Crippen LogP contribution in [0.4, 0.5) is 11.5 Å². The second-order valence-electron chi connectivity index (χ2n) is 5.01. The Kier molecular flexibility index (Phi) is 4.77. The van der Waals surface area contributed by atoms with E-state index in [-0.39, 0.29) is 6.61 Å². The normalized spacial score (nSPS) is 10.1. The van der Waals surface area contributed by atoms with Crippen molar-refractivity contribution in [1.29, 1.82) is 0 Å². The minimum Gasteiger partial charge on any atom is -0.452 e. The summed E-state index contributed by atoms with van der Waals surface area (Å²) < 4.78 is 5.00. The topological polar surface area (TPSA) is 87.3 Å². The van der Waals surface area contributed by atoms with Crippen LogP contribution in [-0.4, -0.2) is 42.8 Å². The van der Waals surface area contributed by atoms with Gasteiger partial charge in [-0.1, -0.05) is 6.07 Å². The lowest BCUT2D eigenvalue weighted by Gasteiger charge is -2.13. The number of hydrogen-bond donors (Lipinski definition) is 2. The summed E-state index contributed by atoms with van der Waals surface area (Å²) >= 11 is 0. The molecule has 0 atom stereocenters. The average molecular weight is 302 g/mol. The van der Waals surface area contributed by atoms with E-state index >= 15 is 0 Å². The number of nitrogens with one attached hydrogen (secondary N) is 2. The Labute approximate surface area is 128 Å². The highest BCUT2D eigenvalue weighted by atomic mass is 16.5. The van der Waals surface area contributed by atoms with Crippen LogP contribution in [0.2, 0.25) is 0 Å². The van der Waals surface area contributed by atoms with E-state index in [0.29, 0.717) is 11.4 Å². The van der Waals surface area contributed by atoms with Crippen molar-refractivity contribution in [3.05, 3.63) is 41.6 Å². The Balaban J connectivity index is 1.89. The molecule has 1 aromatic carbocycles. The molecule has 1 amide bonds. The third-order valence-corrected chi connectivity index (χ3v) is 2.91. The molecule has 2 N–H and O–H groups in total. The van der Waals surface area contributed by atoms with Crippen LogP contribution in [0.3, 0.4) is 0 Å². The fourth-order valence-corrected chi connectivity index (χ4v) is 1.79. The summed E-state index contributed by atoms with van der Waals surface area (Å²) in [6.07, 6.45) is 0. The van der Waals surface area contributed by atoms with E-state index < -0.39 is 11.9 Å². The summed E-state index contributed by atoms with van der Waals surface area (Å²) in [4.78, 5) is 25.5. The summed E-state index contributed by atoms with van der Waals surface area (Å²) in [5.74, 6) is -0.589. The number of anilines is 2. The largest absolute Gasteiger partial charge is 0.452 e. The van der Waals surface area contributed by atoms with Crippen LogP contribution in [0.5, 0.6) is 0 Å². The first-order valence-electron chi connectivity index (χ1n) is 6.72. The minimum atomic E-state index is -0.544. The Bertz CT molecular complexity index is 679. The van der Waals surface area contributed by atoms with Crippen LogP contribution in [0.1, 0.15) is 16.1 Å². The van der Waals surface area contributed by atoms with Gasteiger partial charge in [0.2, 0.25) is 0 Å². The van der Waals surface area contributed by atoms with Crippen molar-refractivity contribution in [2.24, 2.45) is 0 Å². The molecule has 0 radical (unpaired) electrons. The van der Waals surface area contributed by atoms with Gasteiger partial charge in [-0.05, 0) is 25.1 Å². The molecule has 7 heteroatoms. The first-order valence-corrected chi connectivity index (χ1v) is 6.72. The molecule has 0 aliphatic rings. The zero-order valence-electron chi connectivity index (χ0n) is 12.7. The molecule has 0 spiro atoms. The van der Waals surface area contributed by atoms with Gasteiger partial charge in [0.15, 0.2) is 12.4 Å². The second kappa shape index (κ2) is 6.75. The SMILES string of the molecule is Cc1cc(NC(=O)COC(=O)c2cccc(N(C)C)c2)n[nH]1. The Morgan fingerprint density at radius 2 is 2.09 bits per heavy atom. The van der Waals surface area contributed by atoms with Gasteiger partial charge in [0, 0.05) is 31.5 Å². The third-order valence-electron chi connectivity index (χ3n) is 2.91. The fourth-order valence-electron chi connectivity index (χ4n) is 1.79. The zero-order chi connectivity index (χ0) is 16.1. The molecule has 1 aromatic heterocycles. The number of aromatic amines is 1. The number of hydrogen-bond acceptors (Lipinski definition) is 5. The number of carbonyl (C=O) groups excluding carboxylic acids is 2. The molecule has 0 saturated heterocycles. The first kappa shape index (κ1) is 15.6. The highest BCUT2D eigenvalue weighted by Gasteiger charge is 2.12. The molecular weight excluding hydrogens is 284 g/mol. The molecule has 0 saturated carbocycles. The Hall–Kier alpha value is -2.83. The summed E-state index contributed by atoms with van der Waals surface area (Å²) in [5, 5.41) is 9.11. The molecule has 116 valence electrons. The van der Waals surface area contributed by atoms with Crippen LogP contribution in [0.25, 0.3) is 0 Å². The highest BCUT2D eigenvalue weighted by molar-refractivity contribution is 5.95. The molecule has 1 heterocycles. The molecule has 0 fully saturated rings. The molecule has 2 aromatic rings. The fraction of sp³-hybridized carbons (Fsp3) is 0.267. The van der Waals surface area contributed by atoms with Crippen molar-refractivity contribution in [3.8, 4) is 0 Å². The van der Waals surface area contributed by atoms with E-state index in [1.807, 2.05) is 32.0 Å². The number of aryl methyl sites for hydroxylation is 1. The molecule has 0 aliphatic heterocycles. The zero-order valence-corrected chi connectivity index (χ0v) is 12.7. The quantitative estimate of drug-likeness (QED) is 0.819. The van der Waals surface area contributed by atoms with Crippen molar-refractivity contribution in [1.82, 2.24) is 10.2 Å². The van der Waals surface area contributed by atoms with Crippen molar-refractivity contribution >= 4 is 23.4 Å². The van der Waals surface area contributed by atoms with Gasteiger partial charge in [-0.3, -0.25) is 9.89 Å². The molecular formula is C15H18N4O3. The van der Waals surface area contributed by atoms with Crippen LogP contribution in [0, 0.1) is 6.92 Å². The van der Waals surface area contributed by atoms with Crippen molar-refractivity contribution < 1.29 is 14.3 Å². The summed E-state index contributed by atoms with van der Waals surface area (Å²) in [6.45, 7) is 1.46. The lowest BCUT2D eigenvalue weighted by molar-refractivity contribution is -0.119. The van der Waals surface area contributed by atoms with Gasteiger partial charge in [0.25, 0.3) is 5.91 Å². The molecule has 0 bridgehead atoms. The van der Waals surface area contributed by atoms with Gasteiger partial charge >= 0.3 is 5.97 Å². The minimum absolute atomic E-state index is 0.364. The van der Waals surface area contributed by atoms with Crippen molar-refractivity contribution in [3.63, 3.8) is 0 Å². The van der Waals surface area contributed by atoms with Crippen molar-refractivity contribution in [2.75, 3.05) is 30.9 Å². The second-order valence-corrected chi connectivity index (χ2v) is 5.01. The van der Waals surface area contributed by atoms with Crippen LogP contribution in [0.15, 0.2) is 30.3 Å². The summed E-state index contributed by atoms with van der Waals surface area (Å²) in [6, 6.07) is 8.67. The number of nitrogens with zero attached hydrogens (tertiary/aromatic N) is 2. The van der Waals surface area contributed by atoms with Gasteiger partial charge in [-0.2, -0.15) is 5.10 Å². The maximum Gasteiger partial charge on any atom is 0.338 e. The number of rotatable bonds is 5. The lowest BCUT2D eigenvalue weighted by Crippen LogP contribution is -2.21. The van der Waals surface area contributed by atoms with E-state index in [4.69, 9.17) is 4.74 Å². The number of H-pyrrole nitrogens is 1. The molecule has 7 nitrogen and oxygen atoms in total. The maximum absolute atomic E-state index is 11.9. The maximum atomic E-state index is 11.9. The monoisotopic (exact) mass is 302 g/mol. The van der Waals surface area contributed by atoms with Gasteiger partial charge in [0.1, 0.15) is 0 Å². The van der Waals surface area contributed by atoms with Crippen LogP contribution in [-0.2, 0) is 9.53 Å². The third kappa shape index (κ3) is 4.08. The van der Waals surface area contributed by atoms with Gasteiger partial charge in [-0.15, -0.1) is 0 Å². The standard InChI is InChI=1S/C15H18N4O3/c1-10-7-13(18-17-10)16-14(20)9-22-15(21)11-5-4-6-12(8-11)19(2)3/h4-8H,9H2,1-3H3,(H2,16,17,18,20). The molecule has 0 unspecified atom stereocenters. The van der Waals surface area contributed by atoms with Crippen molar-refractivity contribution in [2.45, 2.75) is 6.92 Å². The highest BCUT2D eigenvalue weighted by Crippen LogP contribution is 2.14. The first-order chi connectivity index (χ1) is 10.5. The number of esters is 1. The Morgan fingerprint density at radius 3 is 2.73 bits per heavy atom.